The largest absolute Gasteiger partial charge is 0.490 e. The van der Waals surface area contributed by atoms with E-state index in [0.717, 1.165) is 9.13 Å². The fourth-order valence-electron chi connectivity index (χ4n) is 2.91. The minimum Gasteiger partial charge on any atom is -0.490 e. The molecule has 0 aliphatic rings. The summed E-state index contributed by atoms with van der Waals surface area (Å²) in [7, 11) is 0. The Hall–Kier alpha value is -3.33. The number of carboxylic acids is 1. The van der Waals surface area contributed by atoms with Crippen LogP contribution in [0.15, 0.2) is 78.5 Å². The Morgan fingerprint density at radius 2 is 1.66 bits per heavy atom. The van der Waals surface area contributed by atoms with Gasteiger partial charge in [-0.15, -0.1) is 0 Å². The topological polar surface area (TPSA) is 84.9 Å². The summed E-state index contributed by atoms with van der Waals surface area (Å²) in [6.45, 7) is 2.65. The van der Waals surface area contributed by atoms with Crippen LogP contribution in [0.3, 0.4) is 0 Å². The Morgan fingerprint density at radius 1 is 1.00 bits per heavy atom. The summed E-state index contributed by atoms with van der Waals surface area (Å²) in [5.74, 6) is -0.659. The average molecular weight is 543 g/mol. The highest BCUT2D eigenvalue weighted by Gasteiger charge is 2.16. The van der Waals surface area contributed by atoms with Crippen LogP contribution in [0.5, 0.6) is 11.5 Å². The van der Waals surface area contributed by atoms with E-state index in [2.05, 4.69) is 27.9 Å². The van der Waals surface area contributed by atoms with Crippen molar-refractivity contribution >= 4 is 40.5 Å². The van der Waals surface area contributed by atoms with Gasteiger partial charge >= 0.3 is 5.97 Å². The maximum absolute atomic E-state index is 12.4. The second kappa shape index (κ2) is 11.3. The van der Waals surface area contributed by atoms with Crippen molar-refractivity contribution in [2.45, 2.75) is 13.5 Å². The number of hydrogen-bond acceptors (Lipinski definition) is 4. The predicted molar refractivity (Wildman–Crippen MR) is 131 cm³/mol. The van der Waals surface area contributed by atoms with E-state index in [9.17, 15) is 14.7 Å². The van der Waals surface area contributed by atoms with Crippen molar-refractivity contribution in [2.75, 3.05) is 6.61 Å². The smallest absolute Gasteiger partial charge is 0.352 e. The lowest BCUT2D eigenvalue weighted by Crippen LogP contribution is -2.27. The van der Waals surface area contributed by atoms with Gasteiger partial charge < -0.3 is 19.9 Å². The Morgan fingerprint density at radius 3 is 2.28 bits per heavy atom. The summed E-state index contributed by atoms with van der Waals surface area (Å²) < 4.78 is 12.5. The van der Waals surface area contributed by atoms with Crippen LogP contribution in [-0.4, -0.2) is 23.6 Å². The normalized spacial score (nSPS) is 11.0. The lowest BCUT2D eigenvalue weighted by atomic mass is 10.1. The molecule has 0 aliphatic heterocycles. The number of hydrogen-bond donors (Lipinski definition) is 2. The van der Waals surface area contributed by atoms with Crippen LogP contribution in [0.25, 0.3) is 6.08 Å². The summed E-state index contributed by atoms with van der Waals surface area (Å²) in [5, 5.41) is 12.1. The van der Waals surface area contributed by atoms with Gasteiger partial charge in [-0.05, 0) is 71.0 Å². The van der Waals surface area contributed by atoms with Crippen molar-refractivity contribution in [3.05, 3.63) is 98.8 Å². The Kier molecular flexibility index (Phi) is 8.27. The van der Waals surface area contributed by atoms with Crippen LogP contribution in [0.4, 0.5) is 0 Å². The zero-order valence-electron chi connectivity index (χ0n) is 17.4. The molecule has 0 spiro atoms. The van der Waals surface area contributed by atoms with E-state index in [1.165, 1.54) is 6.08 Å². The van der Waals surface area contributed by atoms with Gasteiger partial charge in [-0.2, -0.15) is 0 Å². The van der Waals surface area contributed by atoms with E-state index in [0.29, 0.717) is 35.8 Å². The molecule has 0 atom stereocenters. The van der Waals surface area contributed by atoms with Gasteiger partial charge in [0.05, 0.1) is 10.2 Å². The molecule has 0 aliphatic carbocycles. The van der Waals surface area contributed by atoms with Gasteiger partial charge in [0.2, 0.25) is 0 Å². The molecule has 2 N–H and O–H groups in total. The third kappa shape index (κ3) is 6.34. The monoisotopic (exact) mass is 543 g/mol. The van der Waals surface area contributed by atoms with E-state index in [4.69, 9.17) is 9.47 Å². The molecule has 0 unspecified atom stereocenters. The summed E-state index contributed by atoms with van der Waals surface area (Å²) in [6, 6.07) is 21.7. The predicted octanol–water partition coefficient (Wildman–Crippen LogP) is 5.12. The number of aliphatic carboxylic acids is 1. The molecule has 0 fully saturated rings. The Labute approximate surface area is 200 Å². The molecule has 0 saturated carbocycles. The molecule has 0 bridgehead atoms. The van der Waals surface area contributed by atoms with Gasteiger partial charge in [0.1, 0.15) is 12.3 Å². The van der Waals surface area contributed by atoms with E-state index < -0.39 is 11.9 Å². The molecule has 164 valence electrons. The van der Waals surface area contributed by atoms with Crippen molar-refractivity contribution in [3.63, 3.8) is 0 Å². The molecular formula is C25H22INO5. The Balaban J connectivity index is 1.87. The number of carbonyl (C=O) groups is 2. The van der Waals surface area contributed by atoms with Gasteiger partial charge in [-0.3, -0.25) is 4.79 Å². The van der Waals surface area contributed by atoms with Crippen molar-refractivity contribution in [2.24, 2.45) is 0 Å². The lowest BCUT2D eigenvalue weighted by molar-refractivity contribution is -0.132. The first-order valence-corrected chi connectivity index (χ1v) is 11.0. The summed E-state index contributed by atoms with van der Waals surface area (Å²) in [5.41, 5.74) is 1.71. The highest BCUT2D eigenvalue weighted by Crippen LogP contribution is 2.35. The van der Waals surface area contributed by atoms with Crippen LogP contribution in [0.2, 0.25) is 0 Å². The van der Waals surface area contributed by atoms with Crippen LogP contribution >= 0.6 is 22.6 Å². The second-order valence-electron chi connectivity index (χ2n) is 6.72. The zero-order chi connectivity index (χ0) is 22.9. The van der Waals surface area contributed by atoms with Crippen molar-refractivity contribution in [1.29, 1.82) is 0 Å². The summed E-state index contributed by atoms with van der Waals surface area (Å²) >= 11 is 2.12. The number of amides is 1. The number of carboxylic acid groups (broad SMARTS) is 1. The maximum atomic E-state index is 12.4. The fourth-order valence-corrected chi connectivity index (χ4v) is 3.69. The zero-order valence-corrected chi connectivity index (χ0v) is 19.5. The molecule has 32 heavy (non-hydrogen) atoms. The first kappa shape index (κ1) is 23.3. The molecular weight excluding hydrogens is 521 g/mol. The SMILES string of the molecule is CCOc1cc(/C=C(/NC(=O)c2ccccc2)C(=O)O)cc(I)c1OCc1ccccc1. The average Bonchev–Trinajstić information content (AvgIpc) is 2.79. The molecule has 0 radical (unpaired) electrons. The number of nitrogens with one attached hydrogen (secondary N) is 1. The van der Waals surface area contributed by atoms with Crippen LogP contribution in [-0.2, 0) is 11.4 Å². The lowest BCUT2D eigenvalue weighted by Gasteiger charge is -2.15. The molecule has 6 nitrogen and oxygen atoms in total. The third-order valence-corrected chi connectivity index (χ3v) is 5.18. The number of ether oxygens (including phenoxy) is 2. The summed E-state index contributed by atoms with van der Waals surface area (Å²) in [6.07, 6.45) is 1.40. The molecule has 0 heterocycles. The molecule has 0 aromatic heterocycles. The van der Waals surface area contributed by atoms with Crippen molar-refractivity contribution < 1.29 is 24.2 Å². The van der Waals surface area contributed by atoms with Crippen LogP contribution in [0.1, 0.15) is 28.4 Å². The first-order valence-electron chi connectivity index (χ1n) is 9.92. The number of halogens is 1. The highest BCUT2D eigenvalue weighted by molar-refractivity contribution is 14.1. The van der Waals surface area contributed by atoms with Crippen molar-refractivity contribution in [3.8, 4) is 11.5 Å². The van der Waals surface area contributed by atoms with Gasteiger partial charge in [0, 0.05) is 5.56 Å². The molecule has 3 rings (SSSR count). The molecule has 3 aromatic carbocycles. The van der Waals surface area contributed by atoms with Gasteiger partial charge in [0.15, 0.2) is 11.5 Å². The van der Waals surface area contributed by atoms with Gasteiger partial charge in [-0.25, -0.2) is 4.79 Å². The van der Waals surface area contributed by atoms with Crippen molar-refractivity contribution in [1.82, 2.24) is 5.32 Å². The standard InChI is InChI=1S/C25H22INO5/c1-2-31-22-15-18(13-20(26)23(22)32-16-17-9-5-3-6-10-17)14-21(25(29)30)27-24(28)19-11-7-4-8-12-19/h3-15H,2,16H2,1H3,(H,27,28)(H,29,30)/b21-14+. The molecule has 0 saturated heterocycles. The maximum Gasteiger partial charge on any atom is 0.352 e. The van der Waals surface area contributed by atoms with Gasteiger partial charge in [-0.1, -0.05) is 48.5 Å². The highest BCUT2D eigenvalue weighted by atomic mass is 127. The second-order valence-corrected chi connectivity index (χ2v) is 7.88. The summed E-state index contributed by atoms with van der Waals surface area (Å²) in [4.78, 5) is 24.2. The molecule has 3 aromatic rings. The number of benzene rings is 3. The van der Waals surface area contributed by atoms with E-state index in [1.807, 2.05) is 37.3 Å². The van der Waals surface area contributed by atoms with E-state index >= 15 is 0 Å². The Bertz CT molecular complexity index is 1110. The van der Waals surface area contributed by atoms with E-state index in [1.54, 1.807) is 42.5 Å². The number of rotatable bonds is 9. The van der Waals surface area contributed by atoms with Gasteiger partial charge in [0.25, 0.3) is 5.91 Å². The fraction of sp³-hybridized carbons (Fsp3) is 0.120. The first-order chi connectivity index (χ1) is 15.5. The van der Waals surface area contributed by atoms with Crippen LogP contribution in [0, 0.1) is 3.57 Å². The third-order valence-electron chi connectivity index (χ3n) is 4.38. The van der Waals surface area contributed by atoms with Crippen LogP contribution < -0.4 is 14.8 Å². The number of carbonyl (C=O) groups excluding carboxylic acids is 1. The van der Waals surface area contributed by atoms with E-state index in [-0.39, 0.29) is 5.70 Å². The quantitative estimate of drug-likeness (QED) is 0.289. The minimum atomic E-state index is -1.24. The molecule has 1 amide bonds. The minimum absolute atomic E-state index is 0.241. The molecule has 7 heteroatoms.